The summed E-state index contributed by atoms with van der Waals surface area (Å²) in [5.41, 5.74) is -0.490. The molecule has 2 saturated heterocycles. The first-order valence-electron chi connectivity index (χ1n) is 9.89. The molecule has 0 saturated carbocycles. The van der Waals surface area contributed by atoms with Gasteiger partial charge in [-0.05, 0) is 33.6 Å². The summed E-state index contributed by atoms with van der Waals surface area (Å²) in [4.78, 5) is 28.3. The number of sulfonamides is 1. The number of hydrogen-bond acceptors (Lipinski definition) is 6. The number of carbonyl (C=O) groups excluding carboxylic acids is 2. The smallest absolute Gasteiger partial charge is 0.410 e. The molecule has 28 heavy (non-hydrogen) atoms. The Labute approximate surface area is 168 Å². The van der Waals surface area contributed by atoms with E-state index in [-0.39, 0.29) is 17.9 Å². The second-order valence-corrected chi connectivity index (χ2v) is 10.5. The molecule has 0 bridgehead atoms. The molecular formula is C18H34N4O5S. The van der Waals surface area contributed by atoms with Crippen molar-refractivity contribution in [1.29, 1.82) is 0 Å². The summed E-state index contributed by atoms with van der Waals surface area (Å²) in [7, 11) is -3.17. The Bertz CT molecular complexity index is 645. The summed E-state index contributed by atoms with van der Waals surface area (Å²) in [6.07, 6.45) is 2.05. The third-order valence-electron chi connectivity index (χ3n) is 5.04. The zero-order valence-corrected chi connectivity index (χ0v) is 18.3. The van der Waals surface area contributed by atoms with Crippen molar-refractivity contribution in [2.45, 2.75) is 39.2 Å². The Balaban J connectivity index is 1.63. The molecule has 2 amide bonds. The molecule has 2 aliphatic rings. The molecule has 0 aromatic carbocycles. The number of carbonyl (C=O) groups is 2. The molecule has 2 heterocycles. The fourth-order valence-corrected chi connectivity index (χ4v) is 4.29. The summed E-state index contributed by atoms with van der Waals surface area (Å²) in [6, 6.07) is 0. The Hall–Kier alpha value is -1.39. The third-order valence-corrected chi connectivity index (χ3v) is 6.35. The number of piperidine rings is 1. The molecule has 0 radical (unpaired) electrons. The number of ether oxygens (including phenoxy) is 1. The standard InChI is InChI=1S/C18H34N4O5S/c1-18(2,3)27-17(24)21-13-11-20(12-14-21)10-7-19-16(23)15-5-8-22(9-6-15)28(4,25)26/h15H,5-14H2,1-4H3,(H,19,23). The van der Waals surface area contributed by atoms with Crippen LogP contribution in [0.4, 0.5) is 4.79 Å². The van der Waals surface area contributed by atoms with Gasteiger partial charge in [-0.25, -0.2) is 17.5 Å². The van der Waals surface area contributed by atoms with E-state index in [4.69, 9.17) is 4.74 Å². The van der Waals surface area contributed by atoms with E-state index in [0.717, 1.165) is 19.6 Å². The van der Waals surface area contributed by atoms with Crippen molar-refractivity contribution in [1.82, 2.24) is 19.4 Å². The summed E-state index contributed by atoms with van der Waals surface area (Å²) in [6.45, 7) is 10.4. The van der Waals surface area contributed by atoms with Crippen LogP contribution in [-0.2, 0) is 19.6 Å². The average Bonchev–Trinajstić information content (AvgIpc) is 2.60. The van der Waals surface area contributed by atoms with Crippen LogP contribution in [0, 0.1) is 5.92 Å². The van der Waals surface area contributed by atoms with Gasteiger partial charge in [0.1, 0.15) is 5.60 Å². The van der Waals surface area contributed by atoms with E-state index >= 15 is 0 Å². The van der Waals surface area contributed by atoms with E-state index in [9.17, 15) is 18.0 Å². The largest absolute Gasteiger partial charge is 0.444 e. The van der Waals surface area contributed by atoms with Crippen molar-refractivity contribution in [3.8, 4) is 0 Å². The first-order valence-corrected chi connectivity index (χ1v) is 11.7. The molecule has 0 spiro atoms. The van der Waals surface area contributed by atoms with Crippen molar-refractivity contribution in [3.63, 3.8) is 0 Å². The Kier molecular flexibility index (Phi) is 7.69. The molecular weight excluding hydrogens is 384 g/mol. The van der Waals surface area contributed by atoms with Gasteiger partial charge in [0.25, 0.3) is 0 Å². The van der Waals surface area contributed by atoms with Crippen LogP contribution in [0.3, 0.4) is 0 Å². The maximum atomic E-state index is 12.3. The zero-order valence-electron chi connectivity index (χ0n) is 17.4. The predicted molar refractivity (Wildman–Crippen MR) is 106 cm³/mol. The third kappa shape index (κ3) is 7.21. The molecule has 162 valence electrons. The Morgan fingerprint density at radius 3 is 2.11 bits per heavy atom. The first-order chi connectivity index (χ1) is 13.0. The minimum absolute atomic E-state index is 0.000502. The lowest BCUT2D eigenvalue weighted by molar-refractivity contribution is -0.126. The quantitative estimate of drug-likeness (QED) is 0.691. The van der Waals surface area contributed by atoms with Crippen LogP contribution >= 0.6 is 0 Å². The molecule has 2 aliphatic heterocycles. The number of nitrogens with zero attached hydrogens (tertiary/aromatic N) is 3. The lowest BCUT2D eigenvalue weighted by Gasteiger charge is -2.35. The van der Waals surface area contributed by atoms with E-state index in [2.05, 4.69) is 10.2 Å². The second-order valence-electron chi connectivity index (χ2n) is 8.54. The summed E-state index contributed by atoms with van der Waals surface area (Å²) in [5, 5.41) is 2.96. The molecule has 0 aromatic heterocycles. The van der Waals surface area contributed by atoms with E-state index in [1.807, 2.05) is 20.8 Å². The van der Waals surface area contributed by atoms with Gasteiger partial charge in [0.2, 0.25) is 15.9 Å². The van der Waals surface area contributed by atoms with Crippen molar-refractivity contribution in [3.05, 3.63) is 0 Å². The molecule has 9 nitrogen and oxygen atoms in total. The van der Waals surface area contributed by atoms with Gasteiger partial charge in [0.05, 0.1) is 6.26 Å². The van der Waals surface area contributed by atoms with Crippen molar-refractivity contribution >= 4 is 22.0 Å². The summed E-state index contributed by atoms with van der Waals surface area (Å²) >= 11 is 0. The molecule has 2 fully saturated rings. The molecule has 0 atom stereocenters. The molecule has 0 aromatic rings. The lowest BCUT2D eigenvalue weighted by Crippen LogP contribution is -2.51. The topological polar surface area (TPSA) is 99.3 Å². The van der Waals surface area contributed by atoms with Crippen LogP contribution < -0.4 is 5.32 Å². The number of amides is 2. The van der Waals surface area contributed by atoms with Gasteiger partial charge in [0.15, 0.2) is 0 Å². The van der Waals surface area contributed by atoms with Crippen LogP contribution in [0.1, 0.15) is 33.6 Å². The van der Waals surface area contributed by atoms with Crippen molar-refractivity contribution in [2.24, 2.45) is 5.92 Å². The van der Waals surface area contributed by atoms with Crippen LogP contribution in [-0.4, -0.2) is 98.7 Å². The first kappa shape index (κ1) is 22.9. The number of rotatable bonds is 5. The van der Waals surface area contributed by atoms with E-state index < -0.39 is 15.6 Å². The van der Waals surface area contributed by atoms with Gasteiger partial charge in [-0.3, -0.25) is 9.69 Å². The van der Waals surface area contributed by atoms with Gasteiger partial charge in [0, 0.05) is 58.3 Å². The molecule has 0 aliphatic carbocycles. The van der Waals surface area contributed by atoms with E-state index in [1.165, 1.54) is 10.6 Å². The molecule has 0 unspecified atom stereocenters. The number of nitrogens with one attached hydrogen (secondary N) is 1. The van der Waals surface area contributed by atoms with Crippen LogP contribution in [0.25, 0.3) is 0 Å². The Morgan fingerprint density at radius 2 is 1.61 bits per heavy atom. The highest BCUT2D eigenvalue weighted by atomic mass is 32.2. The minimum Gasteiger partial charge on any atom is -0.444 e. The van der Waals surface area contributed by atoms with Gasteiger partial charge >= 0.3 is 6.09 Å². The molecule has 1 N–H and O–H groups in total. The van der Waals surface area contributed by atoms with Gasteiger partial charge in [-0.2, -0.15) is 0 Å². The average molecular weight is 419 g/mol. The SMILES string of the molecule is CC(C)(C)OC(=O)N1CCN(CCNC(=O)C2CCN(S(C)(=O)=O)CC2)CC1. The van der Waals surface area contributed by atoms with Gasteiger partial charge in [-0.15, -0.1) is 0 Å². The summed E-state index contributed by atoms with van der Waals surface area (Å²) < 4.78 is 29.9. The molecule has 2 rings (SSSR count). The number of hydrogen-bond donors (Lipinski definition) is 1. The normalized spacial score (nSPS) is 20.8. The van der Waals surface area contributed by atoms with Crippen molar-refractivity contribution in [2.75, 3.05) is 58.6 Å². The predicted octanol–water partition coefficient (Wildman–Crippen LogP) is 0.327. The fraction of sp³-hybridized carbons (Fsp3) is 0.889. The highest BCUT2D eigenvalue weighted by Gasteiger charge is 2.29. The zero-order chi connectivity index (χ0) is 20.9. The second kappa shape index (κ2) is 9.41. The maximum absolute atomic E-state index is 12.3. The lowest BCUT2D eigenvalue weighted by atomic mass is 9.97. The minimum atomic E-state index is -3.17. The van der Waals surface area contributed by atoms with Gasteiger partial charge < -0.3 is 15.0 Å². The van der Waals surface area contributed by atoms with E-state index in [0.29, 0.717) is 45.6 Å². The Morgan fingerprint density at radius 1 is 1.04 bits per heavy atom. The highest BCUT2D eigenvalue weighted by Crippen LogP contribution is 2.19. The van der Waals surface area contributed by atoms with Crippen LogP contribution in [0.5, 0.6) is 0 Å². The maximum Gasteiger partial charge on any atom is 0.410 e. The summed E-state index contributed by atoms with van der Waals surface area (Å²) in [5.74, 6) is -0.123. The molecule has 10 heteroatoms. The fourth-order valence-electron chi connectivity index (χ4n) is 3.41. The van der Waals surface area contributed by atoms with Crippen LogP contribution in [0.2, 0.25) is 0 Å². The van der Waals surface area contributed by atoms with Crippen LogP contribution in [0.15, 0.2) is 0 Å². The van der Waals surface area contributed by atoms with E-state index in [1.54, 1.807) is 4.90 Å². The monoisotopic (exact) mass is 418 g/mol. The van der Waals surface area contributed by atoms with Crippen molar-refractivity contribution < 1.29 is 22.7 Å². The highest BCUT2D eigenvalue weighted by molar-refractivity contribution is 7.88. The van der Waals surface area contributed by atoms with Gasteiger partial charge in [-0.1, -0.05) is 0 Å². The number of piperazine rings is 1.